The highest BCUT2D eigenvalue weighted by Crippen LogP contribution is 2.22. The molecule has 0 amide bonds. The van der Waals surface area contributed by atoms with Crippen LogP contribution in [0.3, 0.4) is 0 Å². The Kier molecular flexibility index (Phi) is 3.69. The van der Waals surface area contributed by atoms with Crippen molar-refractivity contribution in [1.82, 2.24) is 9.97 Å². The lowest BCUT2D eigenvalue weighted by Crippen LogP contribution is -1.94. The Morgan fingerprint density at radius 1 is 1.20 bits per heavy atom. The van der Waals surface area contributed by atoms with Crippen LogP contribution in [0.1, 0.15) is 4.88 Å². The molecule has 0 unspecified atom stereocenters. The van der Waals surface area contributed by atoms with E-state index in [0.717, 1.165) is 10.4 Å². The van der Waals surface area contributed by atoms with Gasteiger partial charge in [0.1, 0.15) is 18.2 Å². The molecule has 5 heteroatoms. The van der Waals surface area contributed by atoms with Crippen molar-refractivity contribution in [2.75, 3.05) is 0 Å². The standard InChI is InChI=1S/C15H11FN2OS/c16-12-3-1-2-11(6-12)15-7-13(4-5-18-15)19-9-14-8-17-10-20-14/h1-8,10H,9H2. The highest BCUT2D eigenvalue weighted by Gasteiger charge is 2.03. The number of hydrogen-bond donors (Lipinski definition) is 0. The zero-order valence-corrected chi connectivity index (χ0v) is 11.3. The summed E-state index contributed by atoms with van der Waals surface area (Å²) in [6, 6.07) is 9.93. The van der Waals surface area contributed by atoms with E-state index in [-0.39, 0.29) is 5.82 Å². The van der Waals surface area contributed by atoms with Gasteiger partial charge in [-0.05, 0) is 18.2 Å². The van der Waals surface area contributed by atoms with Crippen LogP contribution in [0.25, 0.3) is 11.3 Å². The summed E-state index contributed by atoms with van der Waals surface area (Å²) in [6.45, 7) is 0.470. The van der Waals surface area contributed by atoms with Crippen LogP contribution in [-0.2, 0) is 6.61 Å². The van der Waals surface area contributed by atoms with Crippen LogP contribution < -0.4 is 4.74 Å². The predicted molar refractivity (Wildman–Crippen MR) is 76.1 cm³/mol. The molecule has 0 aliphatic heterocycles. The fourth-order valence-corrected chi connectivity index (χ4v) is 2.28. The molecular weight excluding hydrogens is 275 g/mol. The van der Waals surface area contributed by atoms with Gasteiger partial charge in [-0.2, -0.15) is 0 Å². The minimum absolute atomic E-state index is 0.278. The van der Waals surface area contributed by atoms with Crippen LogP contribution in [0.4, 0.5) is 4.39 Å². The first kappa shape index (κ1) is 12.7. The molecule has 2 heterocycles. The Hall–Kier alpha value is -2.27. The van der Waals surface area contributed by atoms with Crippen LogP contribution in [0, 0.1) is 5.82 Å². The van der Waals surface area contributed by atoms with E-state index in [1.807, 2.05) is 6.07 Å². The number of ether oxygens (including phenoxy) is 1. The largest absolute Gasteiger partial charge is 0.488 e. The van der Waals surface area contributed by atoms with E-state index in [4.69, 9.17) is 4.74 Å². The summed E-state index contributed by atoms with van der Waals surface area (Å²) in [5.74, 6) is 0.424. The van der Waals surface area contributed by atoms with E-state index >= 15 is 0 Å². The Labute approximate surface area is 119 Å². The fourth-order valence-electron chi connectivity index (χ4n) is 1.77. The first-order chi connectivity index (χ1) is 9.81. The van der Waals surface area contributed by atoms with Gasteiger partial charge in [-0.3, -0.25) is 9.97 Å². The SMILES string of the molecule is Fc1cccc(-c2cc(OCc3cncs3)ccn2)c1. The molecule has 2 aromatic heterocycles. The lowest BCUT2D eigenvalue weighted by Gasteiger charge is -2.06. The summed E-state index contributed by atoms with van der Waals surface area (Å²) in [6.07, 6.45) is 3.43. The molecule has 0 radical (unpaired) electrons. The van der Waals surface area contributed by atoms with Crippen LogP contribution in [0.15, 0.2) is 54.3 Å². The summed E-state index contributed by atoms with van der Waals surface area (Å²) in [5.41, 5.74) is 3.18. The maximum atomic E-state index is 13.2. The second kappa shape index (κ2) is 5.79. The third-order valence-electron chi connectivity index (χ3n) is 2.72. The van der Waals surface area contributed by atoms with E-state index in [0.29, 0.717) is 18.1 Å². The van der Waals surface area contributed by atoms with E-state index in [1.165, 1.54) is 12.1 Å². The molecule has 3 rings (SSSR count). The Bertz CT molecular complexity index is 701. The van der Waals surface area contributed by atoms with Crippen LogP contribution in [0.2, 0.25) is 0 Å². The van der Waals surface area contributed by atoms with Gasteiger partial charge in [0.05, 0.1) is 16.1 Å². The molecule has 3 aromatic rings. The van der Waals surface area contributed by atoms with Gasteiger partial charge >= 0.3 is 0 Å². The Morgan fingerprint density at radius 2 is 2.15 bits per heavy atom. The molecule has 3 nitrogen and oxygen atoms in total. The van der Waals surface area contributed by atoms with Gasteiger partial charge in [0, 0.05) is 24.0 Å². The molecule has 0 aliphatic rings. The number of thiazole rings is 1. The molecule has 0 aliphatic carbocycles. The highest BCUT2D eigenvalue weighted by molar-refractivity contribution is 7.09. The minimum atomic E-state index is -0.278. The van der Waals surface area contributed by atoms with Gasteiger partial charge < -0.3 is 4.74 Å². The van der Waals surface area contributed by atoms with Gasteiger partial charge in [0.2, 0.25) is 0 Å². The third kappa shape index (κ3) is 3.00. The smallest absolute Gasteiger partial charge is 0.124 e. The van der Waals surface area contributed by atoms with Gasteiger partial charge in [0.25, 0.3) is 0 Å². The predicted octanol–water partition coefficient (Wildman–Crippen LogP) is 3.92. The zero-order valence-electron chi connectivity index (χ0n) is 10.5. The van der Waals surface area contributed by atoms with Gasteiger partial charge in [-0.15, -0.1) is 11.3 Å². The summed E-state index contributed by atoms with van der Waals surface area (Å²) in [4.78, 5) is 9.28. The molecular formula is C15H11FN2OS. The van der Waals surface area contributed by atoms with E-state index < -0.39 is 0 Å². The average Bonchev–Trinajstić information content (AvgIpc) is 2.99. The normalized spacial score (nSPS) is 10.4. The molecule has 0 bridgehead atoms. The first-order valence-electron chi connectivity index (χ1n) is 6.03. The summed E-state index contributed by atoms with van der Waals surface area (Å²) in [7, 11) is 0. The van der Waals surface area contributed by atoms with Crippen molar-refractivity contribution < 1.29 is 9.13 Å². The summed E-state index contributed by atoms with van der Waals surface area (Å²) < 4.78 is 18.9. The first-order valence-corrected chi connectivity index (χ1v) is 6.91. The van der Waals surface area contributed by atoms with Crippen LogP contribution in [0.5, 0.6) is 5.75 Å². The minimum Gasteiger partial charge on any atom is -0.488 e. The Balaban J connectivity index is 1.79. The van der Waals surface area contributed by atoms with E-state index in [9.17, 15) is 4.39 Å². The molecule has 100 valence electrons. The average molecular weight is 286 g/mol. The highest BCUT2D eigenvalue weighted by atomic mass is 32.1. The Morgan fingerprint density at radius 3 is 2.95 bits per heavy atom. The molecule has 0 saturated heterocycles. The number of rotatable bonds is 4. The number of aromatic nitrogens is 2. The van der Waals surface area contributed by atoms with Crippen molar-refractivity contribution >= 4 is 11.3 Å². The monoisotopic (exact) mass is 286 g/mol. The second-order valence-corrected chi connectivity index (χ2v) is 5.11. The maximum absolute atomic E-state index is 13.2. The lowest BCUT2D eigenvalue weighted by molar-refractivity contribution is 0.309. The maximum Gasteiger partial charge on any atom is 0.124 e. The van der Waals surface area contributed by atoms with Crippen molar-refractivity contribution in [2.45, 2.75) is 6.61 Å². The zero-order chi connectivity index (χ0) is 13.8. The number of halogens is 1. The molecule has 0 fully saturated rings. The molecule has 0 N–H and O–H groups in total. The van der Waals surface area contributed by atoms with Gasteiger partial charge in [-0.25, -0.2) is 4.39 Å². The van der Waals surface area contributed by atoms with Crippen LogP contribution in [-0.4, -0.2) is 9.97 Å². The second-order valence-electron chi connectivity index (χ2n) is 4.14. The van der Waals surface area contributed by atoms with Crippen molar-refractivity contribution in [3.8, 4) is 17.0 Å². The van der Waals surface area contributed by atoms with Gasteiger partial charge in [-0.1, -0.05) is 12.1 Å². The van der Waals surface area contributed by atoms with E-state index in [1.54, 1.807) is 47.4 Å². The van der Waals surface area contributed by atoms with Crippen molar-refractivity contribution in [2.24, 2.45) is 0 Å². The summed E-state index contributed by atoms with van der Waals surface area (Å²) >= 11 is 1.54. The third-order valence-corrected chi connectivity index (χ3v) is 3.47. The molecule has 0 atom stereocenters. The van der Waals surface area contributed by atoms with Crippen LogP contribution >= 0.6 is 11.3 Å². The number of nitrogens with zero attached hydrogens (tertiary/aromatic N) is 2. The number of hydrogen-bond acceptors (Lipinski definition) is 4. The van der Waals surface area contributed by atoms with Crippen molar-refractivity contribution in [3.05, 3.63) is 65.0 Å². The summed E-state index contributed by atoms with van der Waals surface area (Å²) in [5, 5.41) is 0. The molecule has 0 spiro atoms. The lowest BCUT2D eigenvalue weighted by atomic mass is 10.1. The molecule has 1 aromatic carbocycles. The fraction of sp³-hybridized carbons (Fsp3) is 0.0667. The van der Waals surface area contributed by atoms with Crippen molar-refractivity contribution in [3.63, 3.8) is 0 Å². The number of benzene rings is 1. The topological polar surface area (TPSA) is 35.0 Å². The van der Waals surface area contributed by atoms with Gasteiger partial charge in [0.15, 0.2) is 0 Å². The molecule has 20 heavy (non-hydrogen) atoms. The molecule has 0 saturated carbocycles. The van der Waals surface area contributed by atoms with E-state index in [2.05, 4.69) is 9.97 Å². The number of pyridine rings is 1. The van der Waals surface area contributed by atoms with Crippen molar-refractivity contribution in [1.29, 1.82) is 0 Å². The quantitative estimate of drug-likeness (QED) is 0.729.